The Morgan fingerprint density at radius 1 is 1.28 bits per heavy atom. The van der Waals surface area contributed by atoms with Gasteiger partial charge in [0.2, 0.25) is 0 Å². The molecule has 1 unspecified atom stereocenters. The van der Waals surface area contributed by atoms with E-state index >= 15 is 0 Å². The predicted octanol–water partition coefficient (Wildman–Crippen LogP) is 1.03. The second-order valence-electron chi connectivity index (χ2n) is 5.53. The molecule has 18 heavy (non-hydrogen) atoms. The van der Waals surface area contributed by atoms with Crippen LogP contribution in [-0.2, 0) is 0 Å². The summed E-state index contributed by atoms with van der Waals surface area (Å²) in [5, 5.41) is 0. The molecule has 0 aliphatic carbocycles. The third-order valence-electron chi connectivity index (χ3n) is 3.88. The molecule has 0 aromatic carbocycles. The summed E-state index contributed by atoms with van der Waals surface area (Å²) in [7, 11) is 6.24. The second kappa shape index (κ2) is 8.62. The summed E-state index contributed by atoms with van der Waals surface area (Å²) in [6.07, 6.45) is 4.53. The van der Waals surface area contributed by atoms with Crippen molar-refractivity contribution in [1.82, 2.24) is 14.7 Å². The van der Waals surface area contributed by atoms with Gasteiger partial charge in [-0.15, -0.1) is 0 Å². The van der Waals surface area contributed by atoms with Crippen LogP contribution in [0.2, 0.25) is 0 Å². The lowest BCUT2D eigenvalue weighted by Crippen LogP contribution is -2.38. The maximum Gasteiger partial charge on any atom is 0.0329 e. The Hall–Kier alpha value is -0.450. The first-order valence-electron chi connectivity index (χ1n) is 7.15. The third-order valence-corrected chi connectivity index (χ3v) is 3.88. The monoisotopic (exact) mass is 254 g/mol. The molecule has 4 nitrogen and oxygen atoms in total. The molecule has 0 saturated carbocycles. The van der Waals surface area contributed by atoms with Crippen LogP contribution in [0.1, 0.15) is 19.8 Å². The number of rotatable bonds is 6. The summed E-state index contributed by atoms with van der Waals surface area (Å²) in [4.78, 5) is 11.5. The van der Waals surface area contributed by atoms with Gasteiger partial charge in [-0.05, 0) is 53.5 Å². The molecule has 1 aliphatic rings. The molecule has 0 aromatic heterocycles. The van der Waals surface area contributed by atoms with Crippen molar-refractivity contribution in [2.24, 2.45) is 4.99 Å². The van der Waals surface area contributed by atoms with Gasteiger partial charge in [0.25, 0.3) is 0 Å². The van der Waals surface area contributed by atoms with E-state index in [4.69, 9.17) is 0 Å². The van der Waals surface area contributed by atoms with E-state index in [9.17, 15) is 0 Å². The molecule has 0 amide bonds. The third kappa shape index (κ3) is 5.94. The molecule has 0 bridgehead atoms. The van der Waals surface area contributed by atoms with Gasteiger partial charge in [0.05, 0.1) is 0 Å². The van der Waals surface area contributed by atoms with Crippen molar-refractivity contribution in [2.45, 2.75) is 25.8 Å². The maximum atomic E-state index is 4.03. The molecule has 1 aliphatic heterocycles. The summed E-state index contributed by atoms with van der Waals surface area (Å²) in [6, 6.07) is 0.692. The van der Waals surface area contributed by atoms with E-state index in [1.165, 1.54) is 39.0 Å². The van der Waals surface area contributed by atoms with E-state index in [-0.39, 0.29) is 0 Å². The van der Waals surface area contributed by atoms with Gasteiger partial charge in [0.15, 0.2) is 0 Å². The fourth-order valence-corrected chi connectivity index (χ4v) is 2.41. The van der Waals surface area contributed by atoms with Crippen LogP contribution in [0.4, 0.5) is 0 Å². The smallest absolute Gasteiger partial charge is 0.0329 e. The minimum Gasteiger partial charge on any atom is -0.305 e. The standard InChI is InChI=1S/C14H30N4/c1-14(6-10-17(4)11-7-15-2)18-9-5-8-16(3)12-13-18/h7,14H,5-6,8-13H2,1-4H3/b15-7-. The van der Waals surface area contributed by atoms with Crippen molar-refractivity contribution in [1.29, 1.82) is 0 Å². The van der Waals surface area contributed by atoms with Crippen LogP contribution in [0.5, 0.6) is 0 Å². The average molecular weight is 254 g/mol. The fourth-order valence-electron chi connectivity index (χ4n) is 2.41. The molecule has 1 atom stereocenters. The Bertz CT molecular complexity index is 242. The highest BCUT2D eigenvalue weighted by molar-refractivity contribution is 5.59. The molecular formula is C14H30N4. The predicted molar refractivity (Wildman–Crippen MR) is 79.7 cm³/mol. The molecule has 1 fully saturated rings. The van der Waals surface area contributed by atoms with E-state index < -0.39 is 0 Å². The summed E-state index contributed by atoms with van der Waals surface area (Å²) in [5.74, 6) is 0. The topological polar surface area (TPSA) is 22.1 Å². The first-order valence-corrected chi connectivity index (χ1v) is 7.15. The minimum atomic E-state index is 0.692. The molecule has 0 spiro atoms. The van der Waals surface area contributed by atoms with Crippen LogP contribution in [0, 0.1) is 0 Å². The zero-order valence-electron chi connectivity index (χ0n) is 12.6. The molecule has 4 heteroatoms. The van der Waals surface area contributed by atoms with Crippen molar-refractivity contribution in [3.05, 3.63) is 0 Å². The molecule has 1 rings (SSSR count). The zero-order chi connectivity index (χ0) is 13.4. The zero-order valence-corrected chi connectivity index (χ0v) is 12.6. The lowest BCUT2D eigenvalue weighted by Gasteiger charge is -2.29. The van der Waals surface area contributed by atoms with Crippen molar-refractivity contribution in [3.8, 4) is 0 Å². The lowest BCUT2D eigenvalue weighted by atomic mass is 10.2. The van der Waals surface area contributed by atoms with Crippen LogP contribution in [0.3, 0.4) is 0 Å². The molecule has 106 valence electrons. The van der Waals surface area contributed by atoms with Crippen LogP contribution < -0.4 is 0 Å². The maximum absolute atomic E-state index is 4.03. The lowest BCUT2D eigenvalue weighted by molar-refractivity contribution is 0.191. The SMILES string of the molecule is C/N=C\CN(C)CCC(C)N1CCCN(C)CC1. The summed E-state index contributed by atoms with van der Waals surface area (Å²) in [5.41, 5.74) is 0. The van der Waals surface area contributed by atoms with Crippen molar-refractivity contribution in [2.75, 3.05) is 60.4 Å². The van der Waals surface area contributed by atoms with Crippen LogP contribution in [0.25, 0.3) is 0 Å². The molecule has 1 heterocycles. The van der Waals surface area contributed by atoms with Crippen molar-refractivity contribution in [3.63, 3.8) is 0 Å². The van der Waals surface area contributed by atoms with Gasteiger partial charge in [0.1, 0.15) is 0 Å². The molecular weight excluding hydrogens is 224 g/mol. The van der Waals surface area contributed by atoms with Gasteiger partial charge in [-0.3, -0.25) is 9.89 Å². The number of aliphatic imine (C=N–C) groups is 1. The molecule has 0 radical (unpaired) electrons. The highest BCUT2D eigenvalue weighted by Gasteiger charge is 2.17. The Morgan fingerprint density at radius 2 is 2.06 bits per heavy atom. The number of likely N-dealkylation sites (N-methyl/N-ethyl adjacent to an activating group) is 1. The van der Waals surface area contributed by atoms with E-state index in [2.05, 4.69) is 40.7 Å². The minimum absolute atomic E-state index is 0.692. The van der Waals surface area contributed by atoms with Gasteiger partial charge in [-0.2, -0.15) is 0 Å². The fraction of sp³-hybridized carbons (Fsp3) is 0.929. The van der Waals surface area contributed by atoms with Crippen molar-refractivity contribution >= 4 is 6.21 Å². The van der Waals surface area contributed by atoms with Gasteiger partial charge in [-0.1, -0.05) is 0 Å². The highest BCUT2D eigenvalue weighted by atomic mass is 15.2. The quantitative estimate of drug-likeness (QED) is 0.661. The largest absolute Gasteiger partial charge is 0.305 e. The van der Waals surface area contributed by atoms with E-state index in [1.54, 1.807) is 0 Å². The van der Waals surface area contributed by atoms with Gasteiger partial charge in [0, 0.05) is 38.9 Å². The Labute approximate surface area is 113 Å². The van der Waals surface area contributed by atoms with Crippen LogP contribution in [0.15, 0.2) is 4.99 Å². The second-order valence-corrected chi connectivity index (χ2v) is 5.53. The summed E-state index contributed by atoms with van der Waals surface area (Å²) >= 11 is 0. The number of hydrogen-bond donors (Lipinski definition) is 0. The number of nitrogens with zero attached hydrogens (tertiary/aromatic N) is 4. The normalized spacial score (nSPS) is 21.6. The molecule has 0 N–H and O–H groups in total. The summed E-state index contributed by atoms with van der Waals surface area (Å²) in [6.45, 7) is 9.42. The van der Waals surface area contributed by atoms with Crippen molar-refractivity contribution < 1.29 is 0 Å². The Kier molecular flexibility index (Phi) is 7.47. The molecule has 0 aromatic rings. The highest BCUT2D eigenvalue weighted by Crippen LogP contribution is 2.09. The van der Waals surface area contributed by atoms with Gasteiger partial charge in [-0.25, -0.2) is 0 Å². The first kappa shape index (κ1) is 15.6. The van der Waals surface area contributed by atoms with Crippen LogP contribution >= 0.6 is 0 Å². The number of hydrogen-bond acceptors (Lipinski definition) is 4. The van der Waals surface area contributed by atoms with Gasteiger partial charge >= 0.3 is 0 Å². The van der Waals surface area contributed by atoms with E-state index in [1.807, 2.05) is 13.3 Å². The average Bonchev–Trinajstić information content (AvgIpc) is 2.58. The van der Waals surface area contributed by atoms with E-state index in [0.29, 0.717) is 6.04 Å². The molecule has 1 saturated heterocycles. The van der Waals surface area contributed by atoms with Gasteiger partial charge < -0.3 is 9.80 Å². The van der Waals surface area contributed by atoms with E-state index in [0.717, 1.165) is 13.1 Å². The van der Waals surface area contributed by atoms with Crippen LogP contribution in [-0.4, -0.2) is 87.4 Å². The Morgan fingerprint density at radius 3 is 2.78 bits per heavy atom. The first-order chi connectivity index (χ1) is 8.63. The Balaban J connectivity index is 2.24. The summed E-state index contributed by atoms with van der Waals surface area (Å²) < 4.78 is 0.